The van der Waals surface area contributed by atoms with Crippen molar-refractivity contribution in [3.63, 3.8) is 0 Å². The van der Waals surface area contributed by atoms with Gasteiger partial charge in [0.1, 0.15) is 6.61 Å². The van der Waals surface area contributed by atoms with Crippen molar-refractivity contribution in [2.24, 2.45) is 5.92 Å². The molecule has 1 aliphatic rings. The Balaban J connectivity index is 2.13. The summed E-state index contributed by atoms with van der Waals surface area (Å²) in [6.45, 7) is 1.45. The summed E-state index contributed by atoms with van der Waals surface area (Å²) < 4.78 is 32.3. The predicted molar refractivity (Wildman–Crippen MR) is 65.2 cm³/mol. The van der Waals surface area contributed by atoms with Crippen molar-refractivity contribution < 1.29 is 17.9 Å². The fourth-order valence-electron chi connectivity index (χ4n) is 1.53. The number of ether oxygens (including phenoxy) is 2. The molecule has 0 saturated carbocycles. The average molecular weight is 267 g/mol. The minimum atomic E-state index is -2.81. The predicted octanol–water partition coefficient (Wildman–Crippen LogP) is -0.0414. The quantitative estimate of drug-likeness (QED) is 0.557. The Kier molecular flexibility index (Phi) is 5.43. The highest BCUT2D eigenvalue weighted by molar-refractivity contribution is 7.91. The van der Waals surface area contributed by atoms with E-state index in [0.29, 0.717) is 31.4 Å². The smallest absolute Gasteiger partial charge is 0.256 e. The largest absolute Gasteiger partial charge is 0.469 e. The fourth-order valence-corrected chi connectivity index (χ4v) is 3.56. The van der Waals surface area contributed by atoms with Crippen molar-refractivity contribution in [1.82, 2.24) is 5.32 Å². The summed E-state index contributed by atoms with van der Waals surface area (Å²) in [5, 5.41) is 3.22. The third-order valence-electron chi connectivity index (χ3n) is 2.38. The van der Waals surface area contributed by atoms with Crippen LogP contribution < -0.4 is 5.32 Å². The minimum Gasteiger partial charge on any atom is -0.469 e. The van der Waals surface area contributed by atoms with Crippen LogP contribution in [0.1, 0.15) is 6.42 Å². The summed E-state index contributed by atoms with van der Waals surface area (Å²) >= 11 is 4.92. The van der Waals surface area contributed by atoms with Gasteiger partial charge in [-0.15, -0.1) is 0 Å². The second-order valence-electron chi connectivity index (χ2n) is 3.78. The molecule has 0 aromatic heterocycles. The van der Waals surface area contributed by atoms with E-state index in [1.807, 2.05) is 0 Å². The number of nitrogens with one attached hydrogen (secondary N) is 1. The molecule has 1 rings (SSSR count). The average Bonchev–Trinajstić information content (AvgIpc) is 2.56. The molecule has 1 N–H and O–H groups in total. The van der Waals surface area contributed by atoms with Crippen LogP contribution in [-0.2, 0) is 19.3 Å². The van der Waals surface area contributed by atoms with Gasteiger partial charge in [-0.3, -0.25) is 0 Å². The zero-order valence-corrected chi connectivity index (χ0v) is 10.9. The van der Waals surface area contributed by atoms with Crippen LogP contribution in [-0.4, -0.2) is 52.0 Å². The molecule has 0 amide bonds. The van der Waals surface area contributed by atoms with Gasteiger partial charge in [0.25, 0.3) is 5.17 Å². The number of sulfone groups is 1. The first-order chi connectivity index (χ1) is 7.53. The fraction of sp³-hybridized carbons (Fsp3) is 0.889. The second kappa shape index (κ2) is 6.36. The maximum absolute atomic E-state index is 11.2. The Bertz CT molecular complexity index is 328. The first kappa shape index (κ1) is 13.7. The van der Waals surface area contributed by atoms with Gasteiger partial charge in [-0.1, -0.05) is 0 Å². The molecule has 1 atom stereocenters. The molecule has 94 valence electrons. The SMILES string of the molecule is COCCOC(=S)NCC1CCS(=O)(=O)C1. The highest BCUT2D eigenvalue weighted by Gasteiger charge is 2.27. The molecule has 0 aromatic carbocycles. The first-order valence-corrected chi connectivity index (χ1v) is 7.36. The van der Waals surface area contributed by atoms with Gasteiger partial charge in [0.05, 0.1) is 18.1 Å². The van der Waals surface area contributed by atoms with E-state index in [-0.39, 0.29) is 17.4 Å². The molecule has 0 bridgehead atoms. The second-order valence-corrected chi connectivity index (χ2v) is 6.38. The van der Waals surface area contributed by atoms with Gasteiger partial charge < -0.3 is 14.8 Å². The first-order valence-electron chi connectivity index (χ1n) is 5.13. The third-order valence-corrected chi connectivity index (χ3v) is 4.48. The molecule has 1 aliphatic heterocycles. The van der Waals surface area contributed by atoms with Crippen LogP contribution in [0, 0.1) is 5.92 Å². The van der Waals surface area contributed by atoms with Crippen molar-refractivity contribution >= 4 is 27.2 Å². The highest BCUT2D eigenvalue weighted by atomic mass is 32.2. The van der Waals surface area contributed by atoms with Gasteiger partial charge in [0.15, 0.2) is 9.84 Å². The van der Waals surface area contributed by atoms with Crippen LogP contribution in [0.5, 0.6) is 0 Å². The Labute approximate surface area is 101 Å². The summed E-state index contributed by atoms with van der Waals surface area (Å²) in [6, 6.07) is 0. The maximum Gasteiger partial charge on any atom is 0.256 e. The van der Waals surface area contributed by atoms with Crippen molar-refractivity contribution in [1.29, 1.82) is 0 Å². The van der Waals surface area contributed by atoms with Crippen molar-refractivity contribution in [3.8, 4) is 0 Å². The van der Waals surface area contributed by atoms with E-state index in [1.54, 1.807) is 7.11 Å². The summed E-state index contributed by atoms with van der Waals surface area (Å²) in [6.07, 6.45) is 0.704. The molecular formula is C9H17NO4S2. The molecule has 0 aliphatic carbocycles. The van der Waals surface area contributed by atoms with Crippen LogP contribution in [0.3, 0.4) is 0 Å². The lowest BCUT2D eigenvalue weighted by molar-refractivity contribution is 0.140. The maximum atomic E-state index is 11.2. The standard InChI is InChI=1S/C9H17NO4S2/c1-13-3-4-14-9(15)10-6-8-2-5-16(11,12)7-8/h8H,2-7H2,1H3,(H,10,15). The molecular weight excluding hydrogens is 250 g/mol. The van der Waals surface area contributed by atoms with E-state index in [1.165, 1.54) is 0 Å². The van der Waals surface area contributed by atoms with E-state index >= 15 is 0 Å². The number of methoxy groups -OCH3 is 1. The molecule has 1 saturated heterocycles. The van der Waals surface area contributed by atoms with E-state index in [0.717, 1.165) is 0 Å². The molecule has 1 heterocycles. The molecule has 0 radical (unpaired) electrons. The molecule has 7 heteroatoms. The van der Waals surface area contributed by atoms with Crippen LogP contribution in [0.15, 0.2) is 0 Å². The Morgan fingerprint density at radius 1 is 1.50 bits per heavy atom. The number of hydrogen-bond acceptors (Lipinski definition) is 5. The van der Waals surface area contributed by atoms with Gasteiger partial charge in [0, 0.05) is 13.7 Å². The van der Waals surface area contributed by atoms with Crippen molar-refractivity contribution in [2.45, 2.75) is 6.42 Å². The number of hydrogen-bond donors (Lipinski definition) is 1. The lowest BCUT2D eigenvalue weighted by Gasteiger charge is -2.12. The van der Waals surface area contributed by atoms with E-state index in [4.69, 9.17) is 21.7 Å². The third kappa shape index (κ3) is 5.09. The van der Waals surface area contributed by atoms with Gasteiger partial charge >= 0.3 is 0 Å². The summed E-state index contributed by atoms with van der Waals surface area (Å²) in [5.74, 6) is 0.686. The van der Waals surface area contributed by atoms with Crippen LogP contribution in [0.2, 0.25) is 0 Å². The normalized spacial score (nSPS) is 22.9. The molecule has 0 aromatic rings. The molecule has 16 heavy (non-hydrogen) atoms. The lowest BCUT2D eigenvalue weighted by atomic mass is 10.1. The topological polar surface area (TPSA) is 64.6 Å². The van der Waals surface area contributed by atoms with E-state index in [2.05, 4.69) is 5.32 Å². The van der Waals surface area contributed by atoms with E-state index < -0.39 is 9.84 Å². The molecule has 1 unspecified atom stereocenters. The van der Waals surface area contributed by atoms with Crippen LogP contribution in [0.4, 0.5) is 0 Å². The van der Waals surface area contributed by atoms with Crippen molar-refractivity contribution in [2.75, 3.05) is 38.4 Å². The molecule has 5 nitrogen and oxygen atoms in total. The van der Waals surface area contributed by atoms with Gasteiger partial charge in [-0.2, -0.15) is 0 Å². The van der Waals surface area contributed by atoms with Gasteiger partial charge in [-0.25, -0.2) is 8.42 Å². The van der Waals surface area contributed by atoms with Crippen LogP contribution >= 0.6 is 12.2 Å². The lowest BCUT2D eigenvalue weighted by Crippen LogP contribution is -2.30. The summed E-state index contributed by atoms with van der Waals surface area (Å²) in [7, 11) is -1.22. The Hall–Kier alpha value is -0.400. The summed E-state index contributed by atoms with van der Waals surface area (Å²) in [5.41, 5.74) is 0. The number of thiocarbonyl (C=S) groups is 1. The molecule has 0 spiro atoms. The Morgan fingerprint density at radius 3 is 2.81 bits per heavy atom. The van der Waals surface area contributed by atoms with E-state index in [9.17, 15) is 8.42 Å². The monoisotopic (exact) mass is 267 g/mol. The van der Waals surface area contributed by atoms with Crippen molar-refractivity contribution in [3.05, 3.63) is 0 Å². The molecule has 1 fully saturated rings. The van der Waals surface area contributed by atoms with Gasteiger partial charge in [-0.05, 0) is 24.6 Å². The zero-order chi connectivity index (χ0) is 12.0. The van der Waals surface area contributed by atoms with Gasteiger partial charge in [0.2, 0.25) is 0 Å². The summed E-state index contributed by atoms with van der Waals surface area (Å²) in [4.78, 5) is 0. The zero-order valence-electron chi connectivity index (χ0n) is 9.27. The number of rotatable bonds is 5. The van der Waals surface area contributed by atoms with Crippen LogP contribution in [0.25, 0.3) is 0 Å². The minimum absolute atomic E-state index is 0.147. The Morgan fingerprint density at radius 2 is 2.25 bits per heavy atom. The highest BCUT2D eigenvalue weighted by Crippen LogP contribution is 2.17.